The van der Waals surface area contributed by atoms with Gasteiger partial charge in [0.15, 0.2) is 0 Å². The maximum Gasteiger partial charge on any atom is 0.303 e. The van der Waals surface area contributed by atoms with E-state index in [1.165, 1.54) is 11.3 Å². The first kappa shape index (κ1) is 15.1. The second-order valence-corrected chi connectivity index (χ2v) is 7.25. The molecule has 1 rings (SSSR count). The zero-order chi connectivity index (χ0) is 13.6. The highest BCUT2D eigenvalue weighted by molar-refractivity contribution is 7.91. The summed E-state index contributed by atoms with van der Waals surface area (Å²) in [7, 11) is -3.39. The van der Waals surface area contributed by atoms with Crippen molar-refractivity contribution in [3.05, 3.63) is 17.0 Å². The predicted octanol–water partition coefficient (Wildman–Crippen LogP) is 1.98. The van der Waals surface area contributed by atoms with Gasteiger partial charge in [-0.05, 0) is 31.9 Å². The molecule has 2 N–H and O–H groups in total. The van der Waals surface area contributed by atoms with E-state index in [0.717, 1.165) is 4.88 Å². The molecule has 5 nitrogen and oxygen atoms in total. The Hall–Kier alpha value is -0.920. The van der Waals surface area contributed by atoms with Gasteiger partial charge in [0.25, 0.3) is 0 Å². The van der Waals surface area contributed by atoms with Crippen LogP contribution in [0.2, 0.25) is 0 Å². The molecule has 0 bridgehead atoms. The molecule has 0 aliphatic heterocycles. The van der Waals surface area contributed by atoms with Crippen LogP contribution in [-0.2, 0) is 14.8 Å². The van der Waals surface area contributed by atoms with Crippen molar-refractivity contribution in [2.75, 3.05) is 6.54 Å². The summed E-state index contributed by atoms with van der Waals surface area (Å²) in [6, 6.07) is 3.36. The molecule has 0 spiro atoms. The van der Waals surface area contributed by atoms with Crippen molar-refractivity contribution < 1.29 is 18.3 Å². The zero-order valence-corrected chi connectivity index (χ0v) is 11.8. The minimum atomic E-state index is -3.39. The Morgan fingerprint density at radius 2 is 2.06 bits per heavy atom. The largest absolute Gasteiger partial charge is 0.481 e. The van der Waals surface area contributed by atoms with Crippen LogP contribution in [0.25, 0.3) is 0 Å². The quantitative estimate of drug-likeness (QED) is 0.717. The van der Waals surface area contributed by atoms with E-state index in [1.54, 1.807) is 12.1 Å². The molecule has 102 valence electrons. The summed E-state index contributed by atoms with van der Waals surface area (Å²) < 4.78 is 26.4. The van der Waals surface area contributed by atoms with Crippen LogP contribution in [0.3, 0.4) is 0 Å². The first-order chi connectivity index (χ1) is 8.42. The molecule has 0 aliphatic rings. The van der Waals surface area contributed by atoms with Gasteiger partial charge in [0.05, 0.1) is 0 Å². The second-order valence-electron chi connectivity index (χ2n) is 3.97. The van der Waals surface area contributed by atoms with E-state index >= 15 is 0 Å². The van der Waals surface area contributed by atoms with E-state index in [0.29, 0.717) is 30.0 Å². The van der Waals surface area contributed by atoms with Gasteiger partial charge in [-0.2, -0.15) is 0 Å². The lowest BCUT2D eigenvalue weighted by molar-refractivity contribution is -0.137. The third-order valence-electron chi connectivity index (χ3n) is 2.34. The lowest BCUT2D eigenvalue weighted by Crippen LogP contribution is -2.23. The van der Waals surface area contributed by atoms with Crippen LogP contribution in [0.15, 0.2) is 16.3 Å². The highest BCUT2D eigenvalue weighted by atomic mass is 32.2. The molecular weight excluding hydrogens is 274 g/mol. The van der Waals surface area contributed by atoms with E-state index < -0.39 is 16.0 Å². The number of sulfonamides is 1. The number of aliphatic carboxylic acids is 1. The summed E-state index contributed by atoms with van der Waals surface area (Å²) in [5.41, 5.74) is 0. The first-order valence-electron chi connectivity index (χ1n) is 5.70. The molecule has 0 fully saturated rings. The molecule has 0 amide bonds. The Kier molecular flexibility index (Phi) is 5.77. The number of hydrogen-bond acceptors (Lipinski definition) is 4. The van der Waals surface area contributed by atoms with Crippen LogP contribution in [0.5, 0.6) is 0 Å². The lowest BCUT2D eigenvalue weighted by Gasteiger charge is -2.04. The van der Waals surface area contributed by atoms with Crippen molar-refractivity contribution >= 4 is 27.3 Å². The summed E-state index contributed by atoms with van der Waals surface area (Å²) in [5.74, 6) is -0.815. The normalized spacial score (nSPS) is 11.6. The zero-order valence-electron chi connectivity index (χ0n) is 10.2. The molecule has 18 heavy (non-hydrogen) atoms. The number of carboxylic acids is 1. The van der Waals surface area contributed by atoms with Gasteiger partial charge < -0.3 is 5.11 Å². The number of carbonyl (C=O) groups is 1. The average Bonchev–Trinajstić information content (AvgIpc) is 2.70. The molecule has 0 atom stereocenters. The Labute approximate surface area is 111 Å². The maximum atomic E-state index is 11.8. The average molecular weight is 291 g/mol. The number of hydrogen-bond donors (Lipinski definition) is 2. The molecule has 0 saturated carbocycles. The van der Waals surface area contributed by atoms with Gasteiger partial charge in [0, 0.05) is 17.8 Å². The molecule has 0 radical (unpaired) electrons. The Morgan fingerprint density at radius 1 is 1.33 bits per heavy atom. The van der Waals surface area contributed by atoms with Crippen molar-refractivity contribution in [2.45, 2.75) is 36.8 Å². The van der Waals surface area contributed by atoms with Gasteiger partial charge in [-0.3, -0.25) is 4.79 Å². The monoisotopic (exact) mass is 291 g/mol. The number of thiophene rings is 1. The molecular formula is C11H17NO4S2. The van der Waals surface area contributed by atoms with Crippen LogP contribution in [0.1, 0.15) is 30.6 Å². The minimum Gasteiger partial charge on any atom is -0.481 e. The summed E-state index contributed by atoms with van der Waals surface area (Å²) in [4.78, 5) is 11.2. The molecule has 0 saturated heterocycles. The Bertz CT molecular complexity index is 493. The molecule has 1 aromatic rings. The van der Waals surface area contributed by atoms with Crippen molar-refractivity contribution in [3.8, 4) is 0 Å². The fourth-order valence-electron chi connectivity index (χ4n) is 1.41. The smallest absolute Gasteiger partial charge is 0.303 e. The molecule has 0 aliphatic carbocycles. The predicted molar refractivity (Wildman–Crippen MR) is 70.3 cm³/mol. The first-order valence-corrected chi connectivity index (χ1v) is 8.00. The maximum absolute atomic E-state index is 11.8. The summed E-state index contributed by atoms with van der Waals surface area (Å²) in [6.45, 7) is 2.20. The minimum absolute atomic E-state index is 0.136. The fraction of sp³-hybridized carbons (Fsp3) is 0.545. The van der Waals surface area contributed by atoms with E-state index in [1.807, 2.05) is 6.92 Å². The molecule has 1 heterocycles. The number of rotatable bonds is 8. The van der Waals surface area contributed by atoms with Crippen LogP contribution in [0, 0.1) is 6.92 Å². The van der Waals surface area contributed by atoms with Crippen LogP contribution < -0.4 is 4.72 Å². The SMILES string of the molecule is Cc1ccc(S(=O)(=O)NCCCCCC(=O)O)s1. The van der Waals surface area contributed by atoms with Gasteiger partial charge in [0.1, 0.15) is 4.21 Å². The standard InChI is InChI=1S/C11H17NO4S2/c1-9-6-7-11(17-9)18(15,16)12-8-4-2-3-5-10(13)14/h6-7,12H,2-5,8H2,1H3,(H,13,14). The molecule has 0 aromatic carbocycles. The Morgan fingerprint density at radius 3 is 2.61 bits per heavy atom. The van der Waals surface area contributed by atoms with Crippen LogP contribution in [-0.4, -0.2) is 26.0 Å². The fourth-order valence-corrected chi connectivity index (χ4v) is 3.81. The van der Waals surface area contributed by atoms with E-state index in [4.69, 9.17) is 5.11 Å². The topological polar surface area (TPSA) is 83.5 Å². The van der Waals surface area contributed by atoms with Crippen LogP contribution >= 0.6 is 11.3 Å². The van der Waals surface area contributed by atoms with E-state index in [-0.39, 0.29) is 6.42 Å². The van der Waals surface area contributed by atoms with E-state index in [9.17, 15) is 13.2 Å². The van der Waals surface area contributed by atoms with Crippen LogP contribution in [0.4, 0.5) is 0 Å². The van der Waals surface area contributed by atoms with Gasteiger partial charge >= 0.3 is 5.97 Å². The molecule has 1 aromatic heterocycles. The highest BCUT2D eigenvalue weighted by Crippen LogP contribution is 2.20. The van der Waals surface area contributed by atoms with Gasteiger partial charge in [-0.25, -0.2) is 13.1 Å². The van der Waals surface area contributed by atoms with Crippen molar-refractivity contribution in [3.63, 3.8) is 0 Å². The number of nitrogens with one attached hydrogen (secondary N) is 1. The molecule has 0 unspecified atom stereocenters. The third-order valence-corrected chi connectivity index (χ3v) is 5.29. The number of carboxylic acid groups (broad SMARTS) is 1. The third kappa shape index (κ3) is 5.16. The Balaban J connectivity index is 2.28. The van der Waals surface area contributed by atoms with Crippen molar-refractivity contribution in [2.24, 2.45) is 0 Å². The number of aryl methyl sites for hydroxylation is 1. The summed E-state index contributed by atoms with van der Waals surface area (Å²) >= 11 is 1.24. The van der Waals surface area contributed by atoms with Gasteiger partial charge in [-0.15, -0.1) is 11.3 Å². The van der Waals surface area contributed by atoms with Gasteiger partial charge in [-0.1, -0.05) is 6.42 Å². The summed E-state index contributed by atoms with van der Waals surface area (Å²) in [5, 5.41) is 8.44. The second kappa shape index (κ2) is 6.86. The lowest BCUT2D eigenvalue weighted by atomic mass is 10.2. The van der Waals surface area contributed by atoms with Crippen molar-refractivity contribution in [1.29, 1.82) is 0 Å². The molecule has 7 heteroatoms. The van der Waals surface area contributed by atoms with Gasteiger partial charge in [0.2, 0.25) is 10.0 Å². The summed E-state index contributed by atoms with van der Waals surface area (Å²) in [6.07, 6.45) is 2.07. The van der Waals surface area contributed by atoms with E-state index in [2.05, 4.69) is 4.72 Å². The van der Waals surface area contributed by atoms with Crippen molar-refractivity contribution in [1.82, 2.24) is 4.72 Å². The number of unbranched alkanes of at least 4 members (excludes halogenated alkanes) is 2. The highest BCUT2D eigenvalue weighted by Gasteiger charge is 2.14.